The molecule has 1 fully saturated rings. The molecule has 1 heterocycles. The number of sulfone groups is 1. The number of hydrogen-bond acceptors (Lipinski definition) is 5. The molecule has 0 atom stereocenters. The Kier molecular flexibility index (Phi) is 8.97. The molecule has 8 heteroatoms. The Morgan fingerprint density at radius 1 is 1.23 bits per heavy atom. The third kappa shape index (κ3) is 9.34. The summed E-state index contributed by atoms with van der Waals surface area (Å²) in [7, 11) is -2.91. The van der Waals surface area contributed by atoms with Crippen molar-refractivity contribution in [3.63, 3.8) is 0 Å². The molecule has 0 aromatic heterocycles. The Balaban J connectivity index is 1.93. The molecule has 2 rings (SSSR count). The lowest BCUT2D eigenvalue weighted by Gasteiger charge is -2.32. The van der Waals surface area contributed by atoms with E-state index >= 15 is 0 Å². The SMILES string of the molecule is CCNC(=NCc1ccccc1OC(C)(C)C)NC1CCN(CCS(C)(=O)=O)CC1. The molecule has 0 saturated carbocycles. The van der Waals surface area contributed by atoms with Crippen molar-refractivity contribution in [2.24, 2.45) is 4.99 Å². The lowest BCUT2D eigenvalue weighted by Crippen LogP contribution is -2.49. The topological polar surface area (TPSA) is 83.0 Å². The van der Waals surface area contributed by atoms with E-state index in [-0.39, 0.29) is 11.4 Å². The van der Waals surface area contributed by atoms with E-state index in [9.17, 15) is 8.42 Å². The lowest BCUT2D eigenvalue weighted by atomic mass is 10.1. The summed E-state index contributed by atoms with van der Waals surface area (Å²) < 4.78 is 28.8. The van der Waals surface area contributed by atoms with Crippen molar-refractivity contribution in [2.75, 3.05) is 38.2 Å². The Labute approximate surface area is 182 Å². The molecule has 1 aromatic carbocycles. The molecule has 7 nitrogen and oxygen atoms in total. The second kappa shape index (κ2) is 11.0. The molecule has 0 amide bonds. The van der Waals surface area contributed by atoms with E-state index in [1.54, 1.807) is 0 Å². The average Bonchev–Trinajstić information content (AvgIpc) is 2.65. The standard InChI is InChI=1S/C22H38N4O3S/c1-6-23-21(24-17-18-9-7-8-10-20(18)29-22(2,3)4)25-19-11-13-26(14-12-19)15-16-30(5,27)28/h7-10,19H,6,11-17H2,1-5H3,(H2,23,24,25). The van der Waals surface area contributed by atoms with Crippen molar-refractivity contribution in [3.05, 3.63) is 29.8 Å². The first-order valence-corrected chi connectivity index (χ1v) is 12.8. The van der Waals surface area contributed by atoms with Crippen LogP contribution in [0.15, 0.2) is 29.3 Å². The van der Waals surface area contributed by atoms with Crippen molar-refractivity contribution in [1.82, 2.24) is 15.5 Å². The van der Waals surface area contributed by atoms with E-state index in [2.05, 4.69) is 28.5 Å². The monoisotopic (exact) mass is 438 g/mol. The molecule has 30 heavy (non-hydrogen) atoms. The summed E-state index contributed by atoms with van der Waals surface area (Å²) in [6.45, 7) is 11.9. The zero-order chi connectivity index (χ0) is 22.2. The van der Waals surface area contributed by atoms with Crippen LogP contribution in [-0.4, -0.2) is 69.1 Å². The van der Waals surface area contributed by atoms with Gasteiger partial charge in [-0.3, -0.25) is 0 Å². The van der Waals surface area contributed by atoms with Gasteiger partial charge in [0.2, 0.25) is 0 Å². The van der Waals surface area contributed by atoms with Gasteiger partial charge < -0.3 is 20.3 Å². The molecular weight excluding hydrogens is 400 g/mol. The molecule has 2 N–H and O–H groups in total. The van der Waals surface area contributed by atoms with Crippen molar-refractivity contribution in [1.29, 1.82) is 0 Å². The molecule has 1 saturated heterocycles. The molecule has 0 unspecified atom stereocenters. The first kappa shape index (κ1) is 24.5. The van der Waals surface area contributed by atoms with E-state index in [0.717, 1.165) is 49.7 Å². The van der Waals surface area contributed by atoms with Gasteiger partial charge in [0.15, 0.2) is 5.96 Å². The Hall–Kier alpha value is -1.80. The van der Waals surface area contributed by atoms with Crippen molar-refractivity contribution in [3.8, 4) is 5.75 Å². The highest BCUT2D eigenvalue weighted by Gasteiger charge is 2.21. The number of benzene rings is 1. The van der Waals surface area contributed by atoms with Crippen LogP contribution in [0.5, 0.6) is 5.75 Å². The number of nitrogens with one attached hydrogen (secondary N) is 2. The largest absolute Gasteiger partial charge is 0.488 e. The van der Waals surface area contributed by atoms with E-state index < -0.39 is 9.84 Å². The fourth-order valence-electron chi connectivity index (χ4n) is 3.34. The molecule has 170 valence electrons. The van der Waals surface area contributed by atoms with Crippen LogP contribution in [0.2, 0.25) is 0 Å². The van der Waals surface area contributed by atoms with Crippen LogP contribution in [-0.2, 0) is 16.4 Å². The predicted molar refractivity (Wildman–Crippen MR) is 124 cm³/mol. The van der Waals surface area contributed by atoms with Gasteiger partial charge in [0, 0.05) is 44.0 Å². The summed E-state index contributed by atoms with van der Waals surface area (Å²) in [6, 6.07) is 8.36. The average molecular weight is 439 g/mol. The molecule has 0 spiro atoms. The number of hydrogen-bond donors (Lipinski definition) is 2. The lowest BCUT2D eigenvalue weighted by molar-refractivity contribution is 0.129. The number of piperidine rings is 1. The molecule has 1 aliphatic rings. The van der Waals surface area contributed by atoms with Gasteiger partial charge in [0.1, 0.15) is 21.2 Å². The minimum atomic E-state index is -2.91. The fourth-order valence-corrected chi connectivity index (χ4v) is 3.93. The maximum Gasteiger partial charge on any atom is 0.191 e. The maximum absolute atomic E-state index is 11.4. The molecule has 0 bridgehead atoms. The van der Waals surface area contributed by atoms with E-state index in [1.807, 2.05) is 39.0 Å². The minimum absolute atomic E-state index is 0.227. The summed E-state index contributed by atoms with van der Waals surface area (Å²) in [4.78, 5) is 7.00. The van der Waals surface area contributed by atoms with E-state index in [0.29, 0.717) is 19.1 Å². The van der Waals surface area contributed by atoms with Gasteiger partial charge in [-0.2, -0.15) is 0 Å². The van der Waals surface area contributed by atoms with Crippen LogP contribution >= 0.6 is 0 Å². The second-order valence-corrected chi connectivity index (χ2v) is 11.2. The van der Waals surface area contributed by atoms with Gasteiger partial charge in [-0.05, 0) is 46.6 Å². The Morgan fingerprint density at radius 2 is 1.90 bits per heavy atom. The Bertz CT molecular complexity index is 795. The van der Waals surface area contributed by atoms with Crippen LogP contribution in [0.1, 0.15) is 46.1 Å². The summed E-state index contributed by atoms with van der Waals surface area (Å²) in [5.74, 6) is 1.90. The van der Waals surface area contributed by atoms with E-state index in [4.69, 9.17) is 9.73 Å². The number of aliphatic imine (C=N–C) groups is 1. The van der Waals surface area contributed by atoms with Crippen LogP contribution < -0.4 is 15.4 Å². The van der Waals surface area contributed by atoms with Crippen molar-refractivity contribution >= 4 is 15.8 Å². The van der Waals surface area contributed by atoms with Crippen LogP contribution in [0.25, 0.3) is 0 Å². The zero-order valence-electron chi connectivity index (χ0n) is 19.1. The predicted octanol–water partition coefficient (Wildman–Crippen LogP) is 2.43. The van der Waals surface area contributed by atoms with Gasteiger partial charge >= 0.3 is 0 Å². The highest BCUT2D eigenvalue weighted by Crippen LogP contribution is 2.23. The summed E-state index contributed by atoms with van der Waals surface area (Å²) in [5, 5.41) is 6.87. The Morgan fingerprint density at radius 3 is 2.50 bits per heavy atom. The maximum atomic E-state index is 11.4. The minimum Gasteiger partial charge on any atom is -0.488 e. The summed E-state index contributed by atoms with van der Waals surface area (Å²) in [6.07, 6.45) is 3.24. The van der Waals surface area contributed by atoms with Crippen LogP contribution in [0.3, 0.4) is 0 Å². The summed E-state index contributed by atoms with van der Waals surface area (Å²) >= 11 is 0. The first-order valence-electron chi connectivity index (χ1n) is 10.8. The fraction of sp³-hybridized carbons (Fsp3) is 0.682. The van der Waals surface area contributed by atoms with Gasteiger partial charge in [0.25, 0.3) is 0 Å². The number of likely N-dealkylation sites (tertiary alicyclic amines) is 1. The molecule has 0 aliphatic carbocycles. The van der Waals surface area contributed by atoms with Crippen LogP contribution in [0.4, 0.5) is 0 Å². The van der Waals surface area contributed by atoms with Gasteiger partial charge in [-0.15, -0.1) is 0 Å². The number of ether oxygens (including phenoxy) is 1. The molecule has 0 radical (unpaired) electrons. The third-order valence-electron chi connectivity index (χ3n) is 4.85. The van der Waals surface area contributed by atoms with E-state index in [1.165, 1.54) is 6.26 Å². The number of nitrogens with zero attached hydrogens (tertiary/aromatic N) is 2. The number of para-hydroxylation sites is 1. The number of rotatable bonds is 8. The summed E-state index contributed by atoms with van der Waals surface area (Å²) in [5.41, 5.74) is 0.799. The molecular formula is C22H38N4O3S. The normalized spacial score (nSPS) is 17.0. The van der Waals surface area contributed by atoms with Gasteiger partial charge in [0.05, 0.1) is 12.3 Å². The number of guanidine groups is 1. The van der Waals surface area contributed by atoms with Crippen molar-refractivity contribution < 1.29 is 13.2 Å². The first-order chi connectivity index (χ1) is 14.1. The van der Waals surface area contributed by atoms with Crippen molar-refractivity contribution in [2.45, 2.75) is 58.7 Å². The molecule has 1 aliphatic heterocycles. The highest BCUT2D eigenvalue weighted by molar-refractivity contribution is 7.90. The molecule has 1 aromatic rings. The smallest absolute Gasteiger partial charge is 0.191 e. The quantitative estimate of drug-likeness (QED) is 0.479. The van der Waals surface area contributed by atoms with Crippen LogP contribution in [0, 0.1) is 0 Å². The van der Waals surface area contributed by atoms with Gasteiger partial charge in [-0.25, -0.2) is 13.4 Å². The highest BCUT2D eigenvalue weighted by atomic mass is 32.2. The van der Waals surface area contributed by atoms with Gasteiger partial charge in [-0.1, -0.05) is 18.2 Å². The third-order valence-corrected chi connectivity index (χ3v) is 5.77. The second-order valence-electron chi connectivity index (χ2n) is 8.91. The zero-order valence-corrected chi connectivity index (χ0v) is 19.9.